The van der Waals surface area contributed by atoms with Crippen LogP contribution >= 0.6 is 0 Å². The van der Waals surface area contributed by atoms with E-state index >= 15 is 0 Å². The molecule has 6 heteroatoms. The van der Waals surface area contributed by atoms with Crippen molar-refractivity contribution in [1.82, 2.24) is 15.3 Å². The second-order valence-electron chi connectivity index (χ2n) is 5.95. The molecule has 0 aliphatic heterocycles. The number of rotatable bonds is 9. The molecule has 0 radical (unpaired) electrons. The molecule has 1 aromatic carbocycles. The van der Waals surface area contributed by atoms with E-state index < -0.39 is 0 Å². The summed E-state index contributed by atoms with van der Waals surface area (Å²) in [7, 11) is 0. The summed E-state index contributed by atoms with van der Waals surface area (Å²) in [6, 6.07) is 8.34. The number of aryl methyl sites for hydroxylation is 1. The molecule has 0 saturated heterocycles. The van der Waals surface area contributed by atoms with Crippen LogP contribution in [0, 0.1) is 12.7 Å². The fourth-order valence-electron chi connectivity index (χ4n) is 2.44. The lowest BCUT2D eigenvalue weighted by Gasteiger charge is -2.09. The molecule has 0 fully saturated rings. The van der Waals surface area contributed by atoms with Crippen LogP contribution in [0.5, 0.6) is 0 Å². The smallest absolute Gasteiger partial charge is 0.270 e. The zero-order valence-corrected chi connectivity index (χ0v) is 14.8. The monoisotopic (exact) mass is 344 g/mol. The number of hydrogen-bond acceptors (Lipinski definition) is 4. The second-order valence-corrected chi connectivity index (χ2v) is 5.95. The van der Waals surface area contributed by atoms with Gasteiger partial charge in [-0.25, -0.2) is 14.4 Å². The first-order valence-corrected chi connectivity index (χ1v) is 8.71. The number of hydrogen-bond donors (Lipinski definition) is 2. The maximum Gasteiger partial charge on any atom is 0.270 e. The maximum atomic E-state index is 13.6. The summed E-state index contributed by atoms with van der Waals surface area (Å²) in [5, 5.41) is 5.93. The van der Waals surface area contributed by atoms with Gasteiger partial charge in [-0.05, 0) is 37.5 Å². The summed E-state index contributed by atoms with van der Waals surface area (Å²) in [5.41, 5.74) is 1.69. The molecule has 1 heterocycles. The molecule has 0 atom stereocenters. The van der Waals surface area contributed by atoms with Crippen molar-refractivity contribution in [3.63, 3.8) is 0 Å². The Balaban J connectivity index is 1.91. The van der Waals surface area contributed by atoms with E-state index in [1.807, 2.05) is 13.0 Å². The molecule has 0 saturated carbocycles. The Hall–Kier alpha value is -2.50. The molecule has 5 nitrogen and oxygen atoms in total. The van der Waals surface area contributed by atoms with E-state index in [1.165, 1.54) is 6.07 Å². The molecule has 1 amide bonds. The number of amides is 1. The normalized spacial score (nSPS) is 10.5. The largest absolute Gasteiger partial charge is 0.354 e. The van der Waals surface area contributed by atoms with Crippen LogP contribution in [0.15, 0.2) is 30.3 Å². The number of carbonyl (C=O) groups excluding carboxylic acids is 1. The summed E-state index contributed by atoms with van der Waals surface area (Å²) in [6.45, 7) is 5.07. The summed E-state index contributed by atoms with van der Waals surface area (Å²) in [6.07, 6.45) is 3.67. The molecule has 0 bridgehead atoms. The highest BCUT2D eigenvalue weighted by molar-refractivity contribution is 5.92. The lowest BCUT2D eigenvalue weighted by molar-refractivity contribution is 0.0948. The molecule has 2 rings (SSSR count). The zero-order chi connectivity index (χ0) is 18.1. The van der Waals surface area contributed by atoms with E-state index in [-0.39, 0.29) is 11.7 Å². The number of aromatic nitrogens is 2. The quantitative estimate of drug-likeness (QED) is 0.683. The van der Waals surface area contributed by atoms with Crippen LogP contribution < -0.4 is 10.6 Å². The lowest BCUT2D eigenvalue weighted by Crippen LogP contribution is -2.26. The fraction of sp³-hybridized carbons (Fsp3) is 0.421. The average Bonchev–Trinajstić information content (AvgIpc) is 2.60. The van der Waals surface area contributed by atoms with Crippen molar-refractivity contribution in [1.29, 1.82) is 0 Å². The van der Waals surface area contributed by atoms with E-state index in [0.717, 1.165) is 19.3 Å². The number of nitrogens with one attached hydrogen (secondary N) is 2. The van der Waals surface area contributed by atoms with Gasteiger partial charge in [-0.2, -0.15) is 0 Å². The standard InChI is InChI=1S/C19H25FN4O/c1-3-4-7-11-21-18(25)17-13-14(2)23-19(24-17)22-12-10-15-8-5-6-9-16(15)20/h5-6,8-9,13H,3-4,7,10-12H2,1-2H3,(H,21,25)(H,22,23,24). The number of halogens is 1. The summed E-state index contributed by atoms with van der Waals surface area (Å²) in [5.74, 6) is -0.0320. The van der Waals surface area contributed by atoms with Crippen molar-refractivity contribution in [2.75, 3.05) is 18.4 Å². The molecular formula is C19H25FN4O. The van der Waals surface area contributed by atoms with E-state index in [1.54, 1.807) is 18.2 Å². The molecular weight excluding hydrogens is 319 g/mol. The zero-order valence-electron chi connectivity index (χ0n) is 14.8. The highest BCUT2D eigenvalue weighted by Crippen LogP contribution is 2.09. The van der Waals surface area contributed by atoms with Crippen LogP contribution in [-0.2, 0) is 6.42 Å². The first-order chi connectivity index (χ1) is 12.1. The van der Waals surface area contributed by atoms with Crippen molar-refractivity contribution in [3.05, 3.63) is 53.1 Å². The Labute approximate surface area is 148 Å². The van der Waals surface area contributed by atoms with Crippen LogP contribution in [0.1, 0.15) is 47.9 Å². The van der Waals surface area contributed by atoms with Gasteiger partial charge in [0.2, 0.25) is 5.95 Å². The lowest BCUT2D eigenvalue weighted by atomic mass is 10.1. The van der Waals surface area contributed by atoms with E-state index in [9.17, 15) is 9.18 Å². The minimum absolute atomic E-state index is 0.196. The average molecular weight is 344 g/mol. The Morgan fingerprint density at radius 3 is 2.72 bits per heavy atom. The van der Waals surface area contributed by atoms with Gasteiger partial charge in [0, 0.05) is 18.8 Å². The van der Waals surface area contributed by atoms with Crippen molar-refractivity contribution in [2.45, 2.75) is 39.5 Å². The van der Waals surface area contributed by atoms with Crippen LogP contribution in [0.4, 0.5) is 10.3 Å². The maximum absolute atomic E-state index is 13.6. The van der Waals surface area contributed by atoms with E-state index in [2.05, 4.69) is 27.5 Å². The predicted molar refractivity (Wildman–Crippen MR) is 97.2 cm³/mol. The molecule has 0 aliphatic rings. The number of carbonyl (C=O) groups is 1. The Morgan fingerprint density at radius 1 is 1.16 bits per heavy atom. The summed E-state index contributed by atoms with van der Waals surface area (Å²) < 4.78 is 13.6. The first-order valence-electron chi connectivity index (χ1n) is 8.71. The molecule has 2 aromatic rings. The molecule has 0 aliphatic carbocycles. The van der Waals surface area contributed by atoms with Gasteiger partial charge in [-0.1, -0.05) is 38.0 Å². The third kappa shape index (κ3) is 6.14. The van der Waals surface area contributed by atoms with Gasteiger partial charge in [0.25, 0.3) is 5.91 Å². The van der Waals surface area contributed by atoms with Gasteiger partial charge in [-0.3, -0.25) is 4.79 Å². The third-order valence-corrected chi connectivity index (χ3v) is 3.79. The second kappa shape index (κ2) is 9.71. The highest BCUT2D eigenvalue weighted by Gasteiger charge is 2.10. The number of benzene rings is 1. The topological polar surface area (TPSA) is 66.9 Å². The van der Waals surface area contributed by atoms with Crippen molar-refractivity contribution in [2.24, 2.45) is 0 Å². The molecule has 25 heavy (non-hydrogen) atoms. The van der Waals surface area contributed by atoms with Gasteiger partial charge >= 0.3 is 0 Å². The van der Waals surface area contributed by atoms with Crippen molar-refractivity contribution < 1.29 is 9.18 Å². The minimum Gasteiger partial charge on any atom is -0.354 e. The van der Waals surface area contributed by atoms with Crippen LogP contribution in [0.25, 0.3) is 0 Å². The molecule has 1 aromatic heterocycles. The Kier molecular flexibility index (Phi) is 7.32. The summed E-state index contributed by atoms with van der Waals surface area (Å²) >= 11 is 0. The van der Waals surface area contributed by atoms with Crippen LogP contribution in [-0.4, -0.2) is 29.0 Å². The van der Waals surface area contributed by atoms with E-state index in [0.29, 0.717) is 42.4 Å². The molecule has 0 unspecified atom stereocenters. The van der Waals surface area contributed by atoms with Gasteiger partial charge in [0.05, 0.1) is 0 Å². The van der Waals surface area contributed by atoms with Crippen molar-refractivity contribution >= 4 is 11.9 Å². The van der Waals surface area contributed by atoms with Gasteiger partial charge in [0.1, 0.15) is 11.5 Å². The minimum atomic E-state index is -0.221. The molecule has 134 valence electrons. The van der Waals surface area contributed by atoms with Crippen LogP contribution in [0.2, 0.25) is 0 Å². The highest BCUT2D eigenvalue weighted by atomic mass is 19.1. The van der Waals surface area contributed by atoms with Gasteiger partial charge in [0.15, 0.2) is 0 Å². The Bertz CT molecular complexity index is 706. The molecule has 0 spiro atoms. The predicted octanol–water partition coefficient (Wildman–Crippen LogP) is 3.50. The van der Waals surface area contributed by atoms with Gasteiger partial charge < -0.3 is 10.6 Å². The SMILES string of the molecule is CCCCCNC(=O)c1cc(C)nc(NCCc2ccccc2F)n1. The number of anilines is 1. The van der Waals surface area contributed by atoms with E-state index in [4.69, 9.17) is 0 Å². The van der Waals surface area contributed by atoms with Gasteiger partial charge in [-0.15, -0.1) is 0 Å². The third-order valence-electron chi connectivity index (χ3n) is 3.79. The Morgan fingerprint density at radius 2 is 1.96 bits per heavy atom. The molecule has 2 N–H and O–H groups in total. The fourth-order valence-corrected chi connectivity index (χ4v) is 2.44. The van der Waals surface area contributed by atoms with Crippen LogP contribution in [0.3, 0.4) is 0 Å². The first kappa shape index (κ1) is 18.8. The summed E-state index contributed by atoms with van der Waals surface area (Å²) in [4.78, 5) is 20.7. The number of unbranched alkanes of at least 4 members (excludes halogenated alkanes) is 2. The number of nitrogens with zero attached hydrogens (tertiary/aromatic N) is 2. The van der Waals surface area contributed by atoms with Crippen molar-refractivity contribution in [3.8, 4) is 0 Å².